The molecule has 0 fully saturated rings. The van der Waals surface area contributed by atoms with Crippen molar-refractivity contribution in [3.05, 3.63) is 12.7 Å². The topological polar surface area (TPSA) is 49.3 Å². The third kappa shape index (κ3) is 1.57. The van der Waals surface area contributed by atoms with Crippen LogP contribution in [0.15, 0.2) is 12.7 Å². The summed E-state index contributed by atoms with van der Waals surface area (Å²) in [6, 6.07) is 0. The van der Waals surface area contributed by atoms with Gasteiger partial charge in [-0.2, -0.15) is 0 Å². The second-order valence-electron chi connectivity index (χ2n) is 2.42. The number of amides is 1. The number of hydrogen-bond donors (Lipinski definition) is 2. The molecule has 0 aliphatic carbocycles. The van der Waals surface area contributed by atoms with Crippen LogP contribution >= 0.6 is 0 Å². The zero-order valence-electron chi connectivity index (χ0n) is 6.35. The lowest BCUT2D eigenvalue weighted by Gasteiger charge is -2.19. The molecule has 0 spiro atoms. The third-order valence-electron chi connectivity index (χ3n) is 1.81. The molecule has 1 amide bonds. The Morgan fingerprint density at radius 3 is 2.50 bits per heavy atom. The SMILES string of the molecule is C=CC(C)(CC)C(=O)NO. The molecular weight excluding hydrogens is 130 g/mol. The summed E-state index contributed by atoms with van der Waals surface area (Å²) in [7, 11) is 0. The van der Waals surface area contributed by atoms with Gasteiger partial charge in [0.1, 0.15) is 0 Å². The molecule has 0 saturated heterocycles. The van der Waals surface area contributed by atoms with Gasteiger partial charge in [-0.1, -0.05) is 13.0 Å². The molecule has 0 aliphatic heterocycles. The predicted octanol–water partition coefficient (Wildman–Crippen LogP) is 1.09. The smallest absolute Gasteiger partial charge is 0.253 e. The molecule has 58 valence electrons. The minimum absolute atomic E-state index is 0.412. The normalized spacial score (nSPS) is 15.5. The van der Waals surface area contributed by atoms with Crippen molar-refractivity contribution in [1.82, 2.24) is 5.48 Å². The molecule has 3 nitrogen and oxygen atoms in total. The maximum atomic E-state index is 10.9. The van der Waals surface area contributed by atoms with Gasteiger partial charge in [0.2, 0.25) is 0 Å². The van der Waals surface area contributed by atoms with Crippen LogP contribution in [-0.4, -0.2) is 11.1 Å². The third-order valence-corrected chi connectivity index (χ3v) is 1.81. The van der Waals surface area contributed by atoms with Crippen LogP contribution in [0.4, 0.5) is 0 Å². The van der Waals surface area contributed by atoms with Crippen LogP contribution in [0.25, 0.3) is 0 Å². The minimum Gasteiger partial charge on any atom is -0.289 e. The van der Waals surface area contributed by atoms with Gasteiger partial charge < -0.3 is 0 Å². The first-order valence-electron chi connectivity index (χ1n) is 3.19. The monoisotopic (exact) mass is 143 g/mol. The summed E-state index contributed by atoms with van der Waals surface area (Å²) in [5, 5.41) is 8.29. The van der Waals surface area contributed by atoms with Gasteiger partial charge >= 0.3 is 0 Å². The van der Waals surface area contributed by atoms with E-state index in [1.807, 2.05) is 6.92 Å². The lowest BCUT2D eigenvalue weighted by atomic mass is 9.87. The maximum Gasteiger partial charge on any atom is 0.253 e. The van der Waals surface area contributed by atoms with Gasteiger partial charge in [-0.05, 0) is 13.3 Å². The van der Waals surface area contributed by atoms with Gasteiger partial charge in [-0.15, -0.1) is 6.58 Å². The van der Waals surface area contributed by atoms with Crippen molar-refractivity contribution in [2.75, 3.05) is 0 Å². The Balaban J connectivity index is 4.31. The highest BCUT2D eigenvalue weighted by Gasteiger charge is 2.26. The number of carbonyl (C=O) groups is 1. The zero-order chi connectivity index (χ0) is 8.20. The second-order valence-corrected chi connectivity index (χ2v) is 2.42. The molecule has 0 aliphatic rings. The van der Waals surface area contributed by atoms with E-state index in [-0.39, 0.29) is 0 Å². The Hall–Kier alpha value is -0.830. The highest BCUT2D eigenvalue weighted by Crippen LogP contribution is 2.21. The fourth-order valence-electron chi connectivity index (χ4n) is 0.525. The van der Waals surface area contributed by atoms with Crippen LogP contribution in [0.5, 0.6) is 0 Å². The molecule has 1 unspecified atom stereocenters. The van der Waals surface area contributed by atoms with Gasteiger partial charge in [0.05, 0.1) is 5.41 Å². The molecule has 0 aromatic heterocycles. The molecule has 0 radical (unpaired) electrons. The van der Waals surface area contributed by atoms with Crippen molar-refractivity contribution in [2.24, 2.45) is 5.41 Å². The lowest BCUT2D eigenvalue weighted by molar-refractivity contribution is -0.136. The Morgan fingerprint density at radius 2 is 2.40 bits per heavy atom. The maximum absolute atomic E-state index is 10.9. The number of nitrogens with one attached hydrogen (secondary N) is 1. The number of carbonyl (C=O) groups excluding carboxylic acids is 1. The molecule has 0 heterocycles. The average molecular weight is 143 g/mol. The standard InChI is InChI=1S/C7H13NO2/c1-4-7(3,5-2)6(9)8-10/h4,10H,1,5H2,2-3H3,(H,8,9). The predicted molar refractivity (Wildman–Crippen MR) is 38.5 cm³/mol. The van der Waals surface area contributed by atoms with Crippen molar-refractivity contribution >= 4 is 5.91 Å². The Labute approximate surface area is 60.7 Å². The first-order chi connectivity index (χ1) is 4.60. The van der Waals surface area contributed by atoms with Crippen molar-refractivity contribution in [3.8, 4) is 0 Å². The second kappa shape index (κ2) is 3.37. The zero-order valence-corrected chi connectivity index (χ0v) is 6.35. The highest BCUT2D eigenvalue weighted by molar-refractivity contribution is 5.82. The van der Waals surface area contributed by atoms with E-state index in [1.54, 1.807) is 12.4 Å². The molecule has 2 N–H and O–H groups in total. The van der Waals surface area contributed by atoms with E-state index in [2.05, 4.69) is 6.58 Å². The van der Waals surface area contributed by atoms with E-state index in [9.17, 15) is 4.79 Å². The van der Waals surface area contributed by atoms with E-state index in [0.29, 0.717) is 6.42 Å². The van der Waals surface area contributed by atoms with Crippen LogP contribution < -0.4 is 5.48 Å². The van der Waals surface area contributed by atoms with E-state index >= 15 is 0 Å². The van der Waals surface area contributed by atoms with Crippen LogP contribution in [0.2, 0.25) is 0 Å². The summed E-state index contributed by atoms with van der Waals surface area (Å²) < 4.78 is 0. The quantitative estimate of drug-likeness (QED) is 0.353. The molecule has 0 bridgehead atoms. The average Bonchev–Trinajstić information content (AvgIpc) is 2.01. The van der Waals surface area contributed by atoms with Gasteiger partial charge in [0, 0.05) is 0 Å². The van der Waals surface area contributed by atoms with Gasteiger partial charge in [-0.25, -0.2) is 5.48 Å². The summed E-state index contributed by atoms with van der Waals surface area (Å²) in [5.74, 6) is -0.412. The van der Waals surface area contributed by atoms with E-state index < -0.39 is 11.3 Å². The van der Waals surface area contributed by atoms with Gasteiger partial charge in [-0.3, -0.25) is 10.0 Å². The fraction of sp³-hybridized carbons (Fsp3) is 0.571. The summed E-state index contributed by atoms with van der Waals surface area (Å²) in [6.07, 6.45) is 2.15. The summed E-state index contributed by atoms with van der Waals surface area (Å²) >= 11 is 0. The van der Waals surface area contributed by atoms with Crippen molar-refractivity contribution in [1.29, 1.82) is 0 Å². The molecule has 1 atom stereocenters. The number of rotatable bonds is 3. The largest absolute Gasteiger partial charge is 0.289 e. The van der Waals surface area contributed by atoms with Crippen molar-refractivity contribution in [2.45, 2.75) is 20.3 Å². The lowest BCUT2D eigenvalue weighted by Crippen LogP contribution is -2.34. The summed E-state index contributed by atoms with van der Waals surface area (Å²) in [6.45, 7) is 7.07. The first-order valence-corrected chi connectivity index (χ1v) is 3.19. The van der Waals surface area contributed by atoms with Gasteiger partial charge in [0.25, 0.3) is 5.91 Å². The van der Waals surface area contributed by atoms with E-state index in [4.69, 9.17) is 5.21 Å². The molecule has 0 rings (SSSR count). The number of hydroxylamine groups is 1. The van der Waals surface area contributed by atoms with Crippen molar-refractivity contribution < 1.29 is 10.0 Å². The first kappa shape index (κ1) is 9.17. The molecule has 10 heavy (non-hydrogen) atoms. The Kier molecular flexibility index (Phi) is 3.09. The van der Waals surface area contributed by atoms with Crippen molar-refractivity contribution in [3.63, 3.8) is 0 Å². The van der Waals surface area contributed by atoms with E-state index in [1.165, 1.54) is 6.08 Å². The van der Waals surface area contributed by atoms with Crippen LogP contribution in [0, 0.1) is 5.41 Å². The minimum atomic E-state index is -0.644. The van der Waals surface area contributed by atoms with Crippen LogP contribution in [0.1, 0.15) is 20.3 Å². The molecule has 0 aromatic carbocycles. The molecule has 0 saturated carbocycles. The number of hydrogen-bond acceptors (Lipinski definition) is 2. The molecular formula is C7H13NO2. The molecule has 3 heteroatoms. The fourth-order valence-corrected chi connectivity index (χ4v) is 0.525. The highest BCUT2D eigenvalue weighted by atomic mass is 16.5. The van der Waals surface area contributed by atoms with Gasteiger partial charge in [0.15, 0.2) is 0 Å². The summed E-state index contributed by atoms with van der Waals surface area (Å²) in [5.41, 5.74) is 0.953. The van der Waals surface area contributed by atoms with E-state index in [0.717, 1.165) is 0 Å². The van der Waals surface area contributed by atoms with Crippen LogP contribution in [0.3, 0.4) is 0 Å². The molecule has 0 aromatic rings. The summed E-state index contributed by atoms with van der Waals surface area (Å²) in [4.78, 5) is 10.9. The van der Waals surface area contributed by atoms with Crippen LogP contribution in [-0.2, 0) is 4.79 Å². The Bertz CT molecular complexity index is 145. The Morgan fingerprint density at radius 1 is 1.90 bits per heavy atom.